The van der Waals surface area contributed by atoms with Crippen molar-refractivity contribution in [1.82, 2.24) is 19.3 Å². The van der Waals surface area contributed by atoms with Crippen molar-refractivity contribution >= 4 is 21.8 Å². The van der Waals surface area contributed by atoms with Crippen molar-refractivity contribution in [2.75, 3.05) is 32.9 Å². The number of morpholine rings is 1. The summed E-state index contributed by atoms with van der Waals surface area (Å²) in [5, 5.41) is 8.36. The lowest BCUT2D eigenvalue weighted by Gasteiger charge is -2.26. The Bertz CT molecular complexity index is 1250. The fourth-order valence-corrected chi connectivity index (χ4v) is 4.68. The van der Waals surface area contributed by atoms with Crippen molar-refractivity contribution < 1.29 is 27.5 Å². The number of hydrogen-bond donors (Lipinski definition) is 0. The van der Waals surface area contributed by atoms with Gasteiger partial charge in [-0.3, -0.25) is 4.79 Å². The van der Waals surface area contributed by atoms with E-state index in [1.54, 1.807) is 19.1 Å². The third-order valence-corrected chi connectivity index (χ3v) is 6.99. The molecule has 0 atom stereocenters. The molecule has 1 aliphatic heterocycles. The number of rotatable bonds is 7. The summed E-state index contributed by atoms with van der Waals surface area (Å²) in [5.74, 6) is -1.23. The van der Waals surface area contributed by atoms with Crippen LogP contribution >= 0.6 is 0 Å². The maximum absolute atomic E-state index is 12.7. The molecule has 0 spiro atoms. The summed E-state index contributed by atoms with van der Waals surface area (Å²) >= 11 is 0. The molecule has 1 fully saturated rings. The zero-order chi connectivity index (χ0) is 23.4. The number of carbonyl (C=O) groups is 2. The normalized spacial score (nSPS) is 14.7. The number of hydrogen-bond acceptors (Lipinski definition) is 8. The molecule has 33 heavy (non-hydrogen) atoms. The van der Waals surface area contributed by atoms with Crippen LogP contribution in [0.2, 0.25) is 0 Å². The van der Waals surface area contributed by atoms with Crippen LogP contribution < -0.4 is 0 Å². The molecule has 2 heterocycles. The number of esters is 1. The van der Waals surface area contributed by atoms with Crippen molar-refractivity contribution in [3.8, 4) is 5.69 Å². The average Bonchev–Trinajstić information content (AvgIpc) is 3.25. The van der Waals surface area contributed by atoms with Crippen molar-refractivity contribution in [1.29, 1.82) is 0 Å². The van der Waals surface area contributed by atoms with E-state index >= 15 is 0 Å². The summed E-state index contributed by atoms with van der Waals surface area (Å²) < 4.78 is 37.0. The van der Waals surface area contributed by atoms with Crippen LogP contribution in [0, 0.1) is 6.92 Å². The van der Waals surface area contributed by atoms with Gasteiger partial charge in [-0.2, -0.15) is 14.2 Å². The lowest BCUT2D eigenvalue weighted by molar-refractivity contribution is 0.0467. The lowest BCUT2D eigenvalue weighted by atomic mass is 10.1. The second kappa shape index (κ2) is 9.61. The summed E-state index contributed by atoms with van der Waals surface area (Å²) in [7, 11) is -3.65. The quantitative estimate of drug-likeness (QED) is 0.377. The standard InChI is InChI=1S/C22H22N4O6S/c1-16-21(24-26(23-16)18-5-3-2-4-6-18)22(28)32-15-20(27)17-7-9-19(10-8-17)33(29,30)25-11-13-31-14-12-25/h2-10H,11-15H2,1H3. The molecule has 0 radical (unpaired) electrons. The van der Waals surface area contributed by atoms with E-state index in [9.17, 15) is 18.0 Å². The minimum Gasteiger partial charge on any atom is -0.452 e. The number of nitrogens with zero attached hydrogens (tertiary/aromatic N) is 4. The third-order valence-electron chi connectivity index (χ3n) is 5.08. The van der Waals surface area contributed by atoms with E-state index < -0.39 is 28.4 Å². The first kappa shape index (κ1) is 22.8. The molecule has 0 aliphatic carbocycles. The molecule has 0 amide bonds. The second-order valence-electron chi connectivity index (χ2n) is 7.30. The number of carbonyl (C=O) groups excluding carboxylic acids is 2. The highest BCUT2D eigenvalue weighted by Gasteiger charge is 2.26. The van der Waals surface area contributed by atoms with Crippen LogP contribution in [-0.2, 0) is 19.5 Å². The molecule has 172 valence electrons. The first-order chi connectivity index (χ1) is 15.9. The molecule has 1 saturated heterocycles. The largest absolute Gasteiger partial charge is 0.452 e. The molecule has 0 unspecified atom stereocenters. The first-order valence-electron chi connectivity index (χ1n) is 10.2. The van der Waals surface area contributed by atoms with Gasteiger partial charge < -0.3 is 9.47 Å². The van der Waals surface area contributed by atoms with Gasteiger partial charge in [0.15, 0.2) is 18.1 Å². The van der Waals surface area contributed by atoms with Crippen molar-refractivity contribution in [3.63, 3.8) is 0 Å². The SMILES string of the molecule is Cc1nn(-c2ccccc2)nc1C(=O)OCC(=O)c1ccc(S(=O)(=O)N2CCOCC2)cc1. The number of ether oxygens (including phenoxy) is 2. The van der Waals surface area contributed by atoms with Crippen molar-refractivity contribution in [2.24, 2.45) is 0 Å². The van der Waals surface area contributed by atoms with E-state index in [1.807, 2.05) is 18.2 Å². The highest BCUT2D eigenvalue weighted by atomic mass is 32.2. The van der Waals surface area contributed by atoms with E-state index in [1.165, 1.54) is 33.4 Å². The van der Waals surface area contributed by atoms with Gasteiger partial charge in [0.1, 0.15) is 0 Å². The number of sulfonamides is 1. The molecule has 0 saturated carbocycles. The second-order valence-corrected chi connectivity index (χ2v) is 9.24. The van der Waals surface area contributed by atoms with E-state index in [-0.39, 0.29) is 29.2 Å². The molecule has 0 bridgehead atoms. The Morgan fingerprint density at radius 2 is 1.67 bits per heavy atom. The smallest absolute Gasteiger partial charge is 0.361 e. The molecule has 0 N–H and O–H groups in total. The Morgan fingerprint density at radius 1 is 1.00 bits per heavy atom. The zero-order valence-electron chi connectivity index (χ0n) is 17.9. The van der Waals surface area contributed by atoms with Crippen LogP contribution in [0.25, 0.3) is 5.69 Å². The number of Topliss-reactive ketones (excluding diaryl/α,β-unsaturated/α-hetero) is 1. The van der Waals surface area contributed by atoms with Gasteiger partial charge in [0, 0.05) is 18.7 Å². The van der Waals surface area contributed by atoms with Crippen LogP contribution in [0.3, 0.4) is 0 Å². The predicted molar refractivity (Wildman–Crippen MR) is 117 cm³/mol. The van der Waals surface area contributed by atoms with Crippen LogP contribution in [0.5, 0.6) is 0 Å². The summed E-state index contributed by atoms with van der Waals surface area (Å²) in [5.41, 5.74) is 1.30. The molecule has 1 aromatic heterocycles. The average molecular weight is 471 g/mol. The molecule has 1 aliphatic rings. The van der Waals surface area contributed by atoms with Crippen LogP contribution in [0.1, 0.15) is 26.5 Å². The van der Waals surface area contributed by atoms with Gasteiger partial charge in [0.05, 0.1) is 29.5 Å². The van der Waals surface area contributed by atoms with Crippen LogP contribution in [-0.4, -0.2) is 72.4 Å². The molecular formula is C22H22N4O6S. The third kappa shape index (κ3) is 5.00. The van der Waals surface area contributed by atoms with Gasteiger partial charge in [-0.1, -0.05) is 18.2 Å². The van der Waals surface area contributed by atoms with E-state index in [4.69, 9.17) is 9.47 Å². The van der Waals surface area contributed by atoms with Crippen molar-refractivity contribution in [2.45, 2.75) is 11.8 Å². The Kier molecular flexibility index (Phi) is 6.63. The van der Waals surface area contributed by atoms with Crippen molar-refractivity contribution in [3.05, 3.63) is 71.5 Å². The zero-order valence-corrected chi connectivity index (χ0v) is 18.7. The molecular weight excluding hydrogens is 448 g/mol. The highest BCUT2D eigenvalue weighted by molar-refractivity contribution is 7.89. The minimum absolute atomic E-state index is 0.0126. The maximum Gasteiger partial charge on any atom is 0.361 e. The van der Waals surface area contributed by atoms with E-state index in [0.717, 1.165) is 0 Å². The van der Waals surface area contributed by atoms with Gasteiger partial charge in [-0.05, 0) is 43.3 Å². The number of para-hydroxylation sites is 1. The van der Waals surface area contributed by atoms with E-state index in [2.05, 4.69) is 10.2 Å². The number of benzene rings is 2. The summed E-state index contributed by atoms with van der Waals surface area (Å²) in [6, 6.07) is 14.6. The lowest BCUT2D eigenvalue weighted by Crippen LogP contribution is -2.40. The molecule has 10 nitrogen and oxygen atoms in total. The minimum atomic E-state index is -3.65. The van der Waals surface area contributed by atoms with Gasteiger partial charge in [-0.25, -0.2) is 13.2 Å². The number of aromatic nitrogens is 3. The first-order valence-corrected chi connectivity index (χ1v) is 11.7. The maximum atomic E-state index is 12.7. The molecule has 11 heteroatoms. The molecule has 4 rings (SSSR count). The Hall–Kier alpha value is -3.41. The topological polar surface area (TPSA) is 121 Å². The Balaban J connectivity index is 1.39. The van der Waals surface area contributed by atoms with E-state index in [0.29, 0.717) is 24.6 Å². The van der Waals surface area contributed by atoms with Gasteiger partial charge in [-0.15, -0.1) is 5.10 Å². The van der Waals surface area contributed by atoms with Gasteiger partial charge in [0.25, 0.3) is 0 Å². The fourth-order valence-electron chi connectivity index (χ4n) is 3.28. The summed E-state index contributed by atoms with van der Waals surface area (Å²) in [6.45, 7) is 2.38. The van der Waals surface area contributed by atoms with Gasteiger partial charge >= 0.3 is 5.97 Å². The summed E-state index contributed by atoms with van der Waals surface area (Å²) in [4.78, 5) is 26.3. The van der Waals surface area contributed by atoms with Gasteiger partial charge in [0.2, 0.25) is 10.0 Å². The molecule has 3 aromatic rings. The monoisotopic (exact) mass is 470 g/mol. The number of aryl methyl sites for hydroxylation is 1. The molecule has 2 aromatic carbocycles. The Labute approximate surface area is 190 Å². The fraction of sp³-hybridized carbons (Fsp3) is 0.273. The Morgan fingerprint density at radius 3 is 2.33 bits per heavy atom. The summed E-state index contributed by atoms with van der Waals surface area (Å²) in [6.07, 6.45) is 0. The van der Waals surface area contributed by atoms with Crippen LogP contribution in [0.4, 0.5) is 0 Å². The number of ketones is 1. The predicted octanol–water partition coefficient (Wildman–Crippen LogP) is 1.64. The highest BCUT2D eigenvalue weighted by Crippen LogP contribution is 2.18. The van der Waals surface area contributed by atoms with Crippen LogP contribution in [0.15, 0.2) is 59.5 Å².